The first kappa shape index (κ1) is 13.9. The van der Waals surface area contributed by atoms with Crippen molar-refractivity contribution < 1.29 is 0 Å². The fourth-order valence-electron chi connectivity index (χ4n) is 1.71. The van der Waals surface area contributed by atoms with E-state index in [0.717, 1.165) is 16.0 Å². The molecule has 0 saturated carbocycles. The topological polar surface area (TPSA) is 3.24 Å². The molecule has 0 N–H and O–H groups in total. The summed E-state index contributed by atoms with van der Waals surface area (Å²) >= 11 is 9.80. The van der Waals surface area contributed by atoms with Crippen LogP contribution in [0.4, 0.5) is 5.69 Å². The van der Waals surface area contributed by atoms with Crippen molar-refractivity contribution in [1.29, 1.82) is 0 Å². The molecule has 1 rings (SSSR count). The standard InChI is InChI=1S/C13H19BrClN/c1-9(2)10(3)16(4)13-11(8-14)6-5-7-12(13)15/h5-7,9-10H,8H2,1-4H3. The molecule has 1 unspecified atom stereocenters. The molecule has 0 spiro atoms. The second-order valence-corrected chi connectivity index (χ2v) is 5.44. The van der Waals surface area contributed by atoms with E-state index in [1.54, 1.807) is 0 Å². The molecule has 1 nitrogen and oxygen atoms in total. The maximum absolute atomic E-state index is 6.29. The molecule has 0 aliphatic carbocycles. The molecule has 0 aromatic heterocycles. The van der Waals surface area contributed by atoms with Crippen LogP contribution >= 0.6 is 27.5 Å². The molecule has 0 fully saturated rings. The largest absolute Gasteiger partial charge is 0.370 e. The van der Waals surface area contributed by atoms with Crippen molar-refractivity contribution in [3.63, 3.8) is 0 Å². The van der Waals surface area contributed by atoms with Crippen LogP contribution in [0.1, 0.15) is 26.3 Å². The van der Waals surface area contributed by atoms with Crippen LogP contribution in [0.25, 0.3) is 0 Å². The molecular formula is C13H19BrClN. The molecule has 1 aromatic carbocycles. The quantitative estimate of drug-likeness (QED) is 0.728. The van der Waals surface area contributed by atoms with E-state index in [9.17, 15) is 0 Å². The zero-order valence-corrected chi connectivity index (χ0v) is 12.6. The van der Waals surface area contributed by atoms with Gasteiger partial charge >= 0.3 is 0 Å². The van der Waals surface area contributed by atoms with Gasteiger partial charge in [0.05, 0.1) is 10.7 Å². The summed E-state index contributed by atoms with van der Waals surface area (Å²) in [5, 5.41) is 1.66. The zero-order chi connectivity index (χ0) is 12.3. The lowest BCUT2D eigenvalue weighted by molar-refractivity contribution is 0.505. The second kappa shape index (κ2) is 5.92. The maximum atomic E-state index is 6.29. The average Bonchev–Trinajstić information content (AvgIpc) is 2.26. The van der Waals surface area contributed by atoms with Crippen LogP contribution < -0.4 is 4.90 Å². The summed E-state index contributed by atoms with van der Waals surface area (Å²) in [5.41, 5.74) is 2.38. The lowest BCUT2D eigenvalue weighted by Crippen LogP contribution is -2.33. The zero-order valence-electron chi connectivity index (χ0n) is 10.3. The predicted molar refractivity (Wildman–Crippen MR) is 76.8 cm³/mol. The van der Waals surface area contributed by atoms with Crippen LogP contribution in [-0.4, -0.2) is 13.1 Å². The average molecular weight is 305 g/mol. The Kier molecular flexibility index (Phi) is 5.13. The highest BCUT2D eigenvalue weighted by Crippen LogP contribution is 2.32. The maximum Gasteiger partial charge on any atom is 0.0642 e. The monoisotopic (exact) mass is 303 g/mol. The fraction of sp³-hybridized carbons (Fsp3) is 0.538. The normalized spacial score (nSPS) is 12.9. The van der Waals surface area contributed by atoms with Gasteiger partial charge in [-0.2, -0.15) is 0 Å². The third-order valence-electron chi connectivity index (χ3n) is 3.14. The Hall–Kier alpha value is -0.210. The van der Waals surface area contributed by atoms with Crippen molar-refractivity contribution in [2.75, 3.05) is 11.9 Å². The van der Waals surface area contributed by atoms with Gasteiger partial charge in [0.1, 0.15) is 0 Å². The Labute approximate surface area is 112 Å². The molecular weight excluding hydrogens is 286 g/mol. The SMILES string of the molecule is CC(C)C(C)N(C)c1c(Cl)cccc1CBr. The summed E-state index contributed by atoms with van der Waals surface area (Å²) in [5.74, 6) is 0.601. The molecule has 1 aromatic rings. The minimum absolute atomic E-state index is 0.470. The molecule has 0 amide bonds. The molecule has 0 aliphatic rings. The van der Waals surface area contributed by atoms with Crippen LogP contribution in [0.5, 0.6) is 0 Å². The Balaban J connectivity index is 3.11. The highest BCUT2D eigenvalue weighted by atomic mass is 79.9. The Bertz CT molecular complexity index is 352. The van der Waals surface area contributed by atoms with E-state index >= 15 is 0 Å². The Morgan fingerprint density at radius 1 is 1.31 bits per heavy atom. The van der Waals surface area contributed by atoms with Crippen LogP contribution in [0.3, 0.4) is 0 Å². The van der Waals surface area contributed by atoms with E-state index in [4.69, 9.17) is 11.6 Å². The highest BCUT2D eigenvalue weighted by molar-refractivity contribution is 9.08. The molecule has 0 aliphatic heterocycles. The smallest absolute Gasteiger partial charge is 0.0642 e. The molecule has 0 bridgehead atoms. The summed E-state index contributed by atoms with van der Waals surface area (Å²) in [6.45, 7) is 6.68. The summed E-state index contributed by atoms with van der Waals surface area (Å²) in [4.78, 5) is 2.27. The first-order valence-electron chi connectivity index (χ1n) is 5.55. The Morgan fingerprint density at radius 2 is 1.94 bits per heavy atom. The van der Waals surface area contributed by atoms with E-state index in [-0.39, 0.29) is 0 Å². The van der Waals surface area contributed by atoms with Gasteiger partial charge in [-0.05, 0) is 24.5 Å². The molecule has 1 atom stereocenters. The van der Waals surface area contributed by atoms with E-state index < -0.39 is 0 Å². The van der Waals surface area contributed by atoms with Gasteiger partial charge in [0.2, 0.25) is 0 Å². The van der Waals surface area contributed by atoms with E-state index in [0.29, 0.717) is 12.0 Å². The van der Waals surface area contributed by atoms with E-state index in [1.807, 2.05) is 12.1 Å². The van der Waals surface area contributed by atoms with Crippen LogP contribution in [0.15, 0.2) is 18.2 Å². The number of hydrogen-bond acceptors (Lipinski definition) is 1. The predicted octanol–water partition coefficient (Wildman–Crippen LogP) is 4.72. The van der Waals surface area contributed by atoms with Crippen LogP contribution in [0, 0.1) is 5.92 Å². The number of para-hydroxylation sites is 1. The number of anilines is 1. The van der Waals surface area contributed by atoms with Crippen molar-refractivity contribution in [2.45, 2.75) is 32.1 Å². The van der Waals surface area contributed by atoms with E-state index in [1.165, 1.54) is 5.56 Å². The summed E-state index contributed by atoms with van der Waals surface area (Å²) < 4.78 is 0. The van der Waals surface area contributed by atoms with Gasteiger partial charge in [0.15, 0.2) is 0 Å². The summed E-state index contributed by atoms with van der Waals surface area (Å²) in [7, 11) is 2.11. The van der Waals surface area contributed by atoms with Crippen molar-refractivity contribution in [3.05, 3.63) is 28.8 Å². The highest BCUT2D eigenvalue weighted by Gasteiger charge is 2.18. The van der Waals surface area contributed by atoms with Crippen LogP contribution in [0.2, 0.25) is 5.02 Å². The van der Waals surface area contributed by atoms with Crippen molar-refractivity contribution in [2.24, 2.45) is 5.92 Å². The number of hydrogen-bond donors (Lipinski definition) is 0. The number of nitrogens with zero attached hydrogens (tertiary/aromatic N) is 1. The fourth-order valence-corrected chi connectivity index (χ4v) is 2.49. The lowest BCUT2D eigenvalue weighted by atomic mass is 10.0. The molecule has 3 heteroatoms. The summed E-state index contributed by atoms with van der Waals surface area (Å²) in [6.07, 6.45) is 0. The van der Waals surface area contributed by atoms with Gasteiger partial charge in [-0.25, -0.2) is 0 Å². The molecule has 0 heterocycles. The Morgan fingerprint density at radius 3 is 2.44 bits per heavy atom. The van der Waals surface area contributed by atoms with Gasteiger partial charge in [-0.15, -0.1) is 0 Å². The minimum Gasteiger partial charge on any atom is -0.370 e. The van der Waals surface area contributed by atoms with Gasteiger partial charge in [0.25, 0.3) is 0 Å². The first-order valence-corrected chi connectivity index (χ1v) is 7.05. The molecule has 0 radical (unpaired) electrons. The minimum atomic E-state index is 0.470. The number of halogens is 2. The number of benzene rings is 1. The molecule has 16 heavy (non-hydrogen) atoms. The van der Waals surface area contributed by atoms with E-state index in [2.05, 4.69) is 54.7 Å². The van der Waals surface area contributed by atoms with Crippen molar-refractivity contribution in [1.82, 2.24) is 0 Å². The second-order valence-electron chi connectivity index (χ2n) is 4.48. The summed E-state index contributed by atoms with van der Waals surface area (Å²) in [6, 6.07) is 6.53. The van der Waals surface area contributed by atoms with Crippen molar-refractivity contribution in [3.8, 4) is 0 Å². The molecule has 90 valence electrons. The number of rotatable bonds is 4. The van der Waals surface area contributed by atoms with Crippen LogP contribution in [-0.2, 0) is 5.33 Å². The third kappa shape index (κ3) is 2.92. The molecule has 0 saturated heterocycles. The van der Waals surface area contributed by atoms with Gasteiger partial charge in [-0.1, -0.05) is 53.5 Å². The van der Waals surface area contributed by atoms with Gasteiger partial charge < -0.3 is 4.90 Å². The first-order chi connectivity index (χ1) is 7.49. The van der Waals surface area contributed by atoms with Gasteiger partial charge in [0, 0.05) is 18.4 Å². The van der Waals surface area contributed by atoms with Crippen molar-refractivity contribution >= 4 is 33.2 Å². The van der Waals surface area contributed by atoms with Gasteiger partial charge in [-0.3, -0.25) is 0 Å². The lowest BCUT2D eigenvalue weighted by Gasteiger charge is -2.32. The third-order valence-corrected chi connectivity index (χ3v) is 4.05. The number of alkyl halides is 1.